The van der Waals surface area contributed by atoms with Gasteiger partial charge in [0.2, 0.25) is 15.9 Å². The molecular weight excluding hydrogens is 336 g/mol. The van der Waals surface area contributed by atoms with E-state index in [0.717, 1.165) is 30.6 Å². The molecule has 1 fully saturated rings. The van der Waals surface area contributed by atoms with Crippen LogP contribution in [-0.4, -0.2) is 45.1 Å². The maximum atomic E-state index is 12.4. The Kier molecular flexibility index (Phi) is 6.49. The Balaban J connectivity index is 1.99. The monoisotopic (exact) mass is 366 g/mol. The molecule has 1 aliphatic rings. The number of carbonyl (C=O) groups excluding carboxylic acids is 1. The number of hydrogen-bond donors (Lipinski definition) is 0. The maximum absolute atomic E-state index is 12.4. The van der Waals surface area contributed by atoms with E-state index >= 15 is 0 Å². The van der Waals surface area contributed by atoms with E-state index in [1.165, 1.54) is 17.0 Å². The van der Waals surface area contributed by atoms with Gasteiger partial charge in [0.05, 0.1) is 11.9 Å². The second-order valence-electron chi connectivity index (χ2n) is 7.29. The lowest BCUT2D eigenvalue weighted by molar-refractivity contribution is -0.132. The van der Waals surface area contributed by atoms with Gasteiger partial charge in [-0.05, 0) is 62.3 Å². The van der Waals surface area contributed by atoms with Gasteiger partial charge in [-0.3, -0.25) is 9.10 Å². The van der Waals surface area contributed by atoms with E-state index in [2.05, 4.69) is 6.92 Å². The highest BCUT2D eigenvalue weighted by atomic mass is 32.2. The number of sulfonamides is 1. The van der Waals surface area contributed by atoms with Crippen LogP contribution in [0, 0.1) is 19.8 Å². The molecule has 0 spiro atoms. The summed E-state index contributed by atoms with van der Waals surface area (Å²) >= 11 is 0. The van der Waals surface area contributed by atoms with Gasteiger partial charge in [0.15, 0.2) is 0 Å². The third-order valence-electron chi connectivity index (χ3n) is 4.94. The number of carbonyl (C=O) groups is 1. The number of rotatable bonds is 6. The maximum Gasteiger partial charge on any atom is 0.232 e. The van der Waals surface area contributed by atoms with Crippen LogP contribution in [0.2, 0.25) is 0 Å². The Labute approximate surface area is 152 Å². The molecular formula is C19H30N2O3S. The molecule has 0 aliphatic carbocycles. The van der Waals surface area contributed by atoms with Crippen molar-refractivity contribution >= 4 is 21.6 Å². The lowest BCUT2D eigenvalue weighted by Crippen LogP contribution is -2.39. The molecule has 140 valence electrons. The van der Waals surface area contributed by atoms with E-state index in [4.69, 9.17) is 0 Å². The van der Waals surface area contributed by atoms with Crippen LogP contribution < -0.4 is 4.31 Å². The standard InChI is InChI=1S/C19H30N2O3S/c1-15-7-5-11-20(14-15)19(22)8-6-12-21(25(4,23)24)18-10-9-16(2)17(3)13-18/h9-10,13,15H,5-8,11-12,14H2,1-4H3/t15-/m0/s1. The first kappa shape index (κ1) is 19.8. The summed E-state index contributed by atoms with van der Waals surface area (Å²) in [7, 11) is -3.37. The Bertz CT molecular complexity index is 715. The third-order valence-corrected chi connectivity index (χ3v) is 6.13. The smallest absolute Gasteiger partial charge is 0.232 e. The number of amides is 1. The molecule has 1 saturated heterocycles. The Morgan fingerprint density at radius 1 is 1.28 bits per heavy atom. The summed E-state index contributed by atoms with van der Waals surface area (Å²) in [6.45, 7) is 8.13. The fourth-order valence-electron chi connectivity index (χ4n) is 3.32. The molecule has 0 radical (unpaired) electrons. The number of benzene rings is 1. The van der Waals surface area contributed by atoms with Crippen LogP contribution >= 0.6 is 0 Å². The number of piperidine rings is 1. The Morgan fingerprint density at radius 2 is 2.00 bits per heavy atom. The molecule has 0 aromatic heterocycles. The van der Waals surface area contributed by atoms with Gasteiger partial charge in [-0.2, -0.15) is 0 Å². The molecule has 1 aromatic rings. The highest BCUT2D eigenvalue weighted by molar-refractivity contribution is 7.92. The van der Waals surface area contributed by atoms with Crippen molar-refractivity contribution in [3.63, 3.8) is 0 Å². The summed E-state index contributed by atoms with van der Waals surface area (Å²) in [4.78, 5) is 14.3. The van der Waals surface area contributed by atoms with Crippen LogP contribution in [0.5, 0.6) is 0 Å². The lowest BCUT2D eigenvalue weighted by atomic mass is 10.00. The summed E-state index contributed by atoms with van der Waals surface area (Å²) < 4.78 is 25.8. The largest absolute Gasteiger partial charge is 0.342 e. The predicted molar refractivity (Wildman–Crippen MR) is 102 cm³/mol. The van der Waals surface area contributed by atoms with Crippen molar-refractivity contribution in [2.45, 2.75) is 46.5 Å². The van der Waals surface area contributed by atoms with Gasteiger partial charge in [-0.15, -0.1) is 0 Å². The van der Waals surface area contributed by atoms with Crippen LogP contribution in [0.3, 0.4) is 0 Å². The molecule has 1 aromatic carbocycles. The van der Waals surface area contributed by atoms with Crippen molar-refractivity contribution in [1.29, 1.82) is 0 Å². The highest BCUT2D eigenvalue weighted by Gasteiger charge is 2.22. The van der Waals surface area contributed by atoms with Crippen molar-refractivity contribution in [3.8, 4) is 0 Å². The zero-order valence-electron chi connectivity index (χ0n) is 15.8. The molecule has 5 nitrogen and oxygen atoms in total. The SMILES string of the molecule is Cc1ccc(N(CCCC(=O)N2CCC[C@H](C)C2)S(C)(=O)=O)cc1C. The number of aryl methyl sites for hydroxylation is 2. The van der Waals surface area contributed by atoms with Crippen molar-refractivity contribution in [2.24, 2.45) is 5.92 Å². The fraction of sp³-hybridized carbons (Fsp3) is 0.632. The molecule has 1 atom stereocenters. The zero-order chi connectivity index (χ0) is 18.6. The summed E-state index contributed by atoms with van der Waals surface area (Å²) in [5.41, 5.74) is 2.86. The molecule has 0 bridgehead atoms. The molecule has 1 heterocycles. The van der Waals surface area contributed by atoms with Crippen LogP contribution in [0.25, 0.3) is 0 Å². The first-order valence-electron chi connectivity index (χ1n) is 9.01. The van der Waals surface area contributed by atoms with Crippen LogP contribution in [0.4, 0.5) is 5.69 Å². The normalized spacial score (nSPS) is 18.2. The summed E-state index contributed by atoms with van der Waals surface area (Å²) in [5.74, 6) is 0.695. The van der Waals surface area contributed by atoms with Gasteiger partial charge < -0.3 is 4.90 Å². The second-order valence-corrected chi connectivity index (χ2v) is 9.20. The minimum atomic E-state index is -3.37. The van der Waals surface area contributed by atoms with Gasteiger partial charge in [0.1, 0.15) is 0 Å². The molecule has 1 amide bonds. The van der Waals surface area contributed by atoms with E-state index in [9.17, 15) is 13.2 Å². The second kappa shape index (κ2) is 8.21. The average Bonchev–Trinajstić information content (AvgIpc) is 2.53. The van der Waals surface area contributed by atoms with Crippen molar-refractivity contribution in [3.05, 3.63) is 29.3 Å². The quantitative estimate of drug-likeness (QED) is 0.777. The summed E-state index contributed by atoms with van der Waals surface area (Å²) in [5, 5.41) is 0. The van der Waals surface area contributed by atoms with Crippen molar-refractivity contribution < 1.29 is 13.2 Å². The molecule has 0 N–H and O–H groups in total. The zero-order valence-corrected chi connectivity index (χ0v) is 16.6. The first-order valence-corrected chi connectivity index (χ1v) is 10.9. The molecule has 0 unspecified atom stereocenters. The first-order chi connectivity index (χ1) is 11.7. The molecule has 25 heavy (non-hydrogen) atoms. The van der Waals surface area contributed by atoms with E-state index in [1.54, 1.807) is 0 Å². The Hall–Kier alpha value is -1.56. The molecule has 6 heteroatoms. The van der Waals surface area contributed by atoms with Gasteiger partial charge in [-0.1, -0.05) is 13.0 Å². The van der Waals surface area contributed by atoms with Gasteiger partial charge in [0.25, 0.3) is 0 Å². The topological polar surface area (TPSA) is 57.7 Å². The summed E-state index contributed by atoms with van der Waals surface area (Å²) in [6.07, 6.45) is 4.38. The highest BCUT2D eigenvalue weighted by Crippen LogP contribution is 2.22. The number of likely N-dealkylation sites (tertiary alicyclic amines) is 1. The van der Waals surface area contributed by atoms with E-state index in [1.807, 2.05) is 36.9 Å². The number of nitrogens with zero attached hydrogens (tertiary/aromatic N) is 2. The average molecular weight is 367 g/mol. The van der Waals surface area contributed by atoms with Gasteiger partial charge in [0, 0.05) is 26.1 Å². The minimum absolute atomic E-state index is 0.139. The molecule has 2 rings (SSSR count). The number of anilines is 1. The van der Waals surface area contributed by atoms with Crippen LogP contribution in [-0.2, 0) is 14.8 Å². The van der Waals surface area contributed by atoms with Gasteiger partial charge in [-0.25, -0.2) is 8.42 Å². The minimum Gasteiger partial charge on any atom is -0.342 e. The van der Waals surface area contributed by atoms with E-state index < -0.39 is 10.0 Å². The van der Waals surface area contributed by atoms with Crippen LogP contribution in [0.1, 0.15) is 43.7 Å². The fourth-order valence-corrected chi connectivity index (χ4v) is 4.27. The molecule has 0 saturated carbocycles. The van der Waals surface area contributed by atoms with Crippen molar-refractivity contribution in [2.75, 3.05) is 30.2 Å². The summed E-state index contributed by atoms with van der Waals surface area (Å²) in [6, 6.07) is 5.66. The predicted octanol–water partition coefficient (Wildman–Crippen LogP) is 3.11. The van der Waals surface area contributed by atoms with Crippen LogP contribution in [0.15, 0.2) is 18.2 Å². The molecule has 1 aliphatic heterocycles. The lowest BCUT2D eigenvalue weighted by Gasteiger charge is -2.31. The van der Waals surface area contributed by atoms with Crippen molar-refractivity contribution in [1.82, 2.24) is 4.90 Å². The van der Waals surface area contributed by atoms with Gasteiger partial charge >= 0.3 is 0 Å². The van der Waals surface area contributed by atoms with E-state index in [0.29, 0.717) is 31.0 Å². The Morgan fingerprint density at radius 3 is 2.60 bits per heavy atom. The van der Waals surface area contributed by atoms with E-state index in [-0.39, 0.29) is 5.91 Å². The number of hydrogen-bond acceptors (Lipinski definition) is 3. The third kappa shape index (κ3) is 5.46.